The molecule has 4 aromatic rings. The SMILES string of the molecule is Cc1cnc(Cl)c(C(=O)Nc2ccc(C(=O)N3CCc4cc(C)sc4-c4ccccc43)cc2)c1. The summed E-state index contributed by atoms with van der Waals surface area (Å²) in [4.78, 5) is 34.5. The number of aryl methyl sites for hydroxylation is 2. The molecule has 0 saturated carbocycles. The van der Waals surface area contributed by atoms with Crippen LogP contribution in [0.1, 0.15) is 36.7 Å². The third-order valence-corrected chi connectivity index (χ3v) is 7.26. The van der Waals surface area contributed by atoms with Crippen LogP contribution in [0.25, 0.3) is 10.4 Å². The van der Waals surface area contributed by atoms with E-state index in [1.165, 1.54) is 15.3 Å². The molecule has 0 spiro atoms. The summed E-state index contributed by atoms with van der Waals surface area (Å²) >= 11 is 7.85. The van der Waals surface area contributed by atoms with Crippen molar-refractivity contribution in [1.82, 2.24) is 4.98 Å². The van der Waals surface area contributed by atoms with Crippen molar-refractivity contribution in [2.75, 3.05) is 16.8 Å². The molecule has 1 aliphatic rings. The molecule has 170 valence electrons. The van der Waals surface area contributed by atoms with E-state index in [1.807, 2.05) is 30.0 Å². The number of nitrogens with zero attached hydrogens (tertiary/aromatic N) is 2. The van der Waals surface area contributed by atoms with Crippen molar-refractivity contribution in [3.05, 3.63) is 99.1 Å². The van der Waals surface area contributed by atoms with Crippen LogP contribution in [-0.4, -0.2) is 23.3 Å². The molecule has 3 heterocycles. The van der Waals surface area contributed by atoms with Crippen LogP contribution >= 0.6 is 22.9 Å². The maximum Gasteiger partial charge on any atom is 0.258 e. The van der Waals surface area contributed by atoms with Crippen LogP contribution in [0.2, 0.25) is 5.15 Å². The number of benzene rings is 2. The highest BCUT2D eigenvalue weighted by Gasteiger charge is 2.26. The fourth-order valence-corrected chi connectivity index (χ4v) is 5.49. The van der Waals surface area contributed by atoms with Crippen LogP contribution in [0, 0.1) is 13.8 Å². The minimum Gasteiger partial charge on any atom is -0.322 e. The number of amides is 2. The summed E-state index contributed by atoms with van der Waals surface area (Å²) < 4.78 is 0. The lowest BCUT2D eigenvalue weighted by Crippen LogP contribution is -2.32. The number of anilines is 2. The lowest BCUT2D eigenvalue weighted by molar-refractivity contribution is 0.0986. The zero-order chi connectivity index (χ0) is 23.8. The van der Waals surface area contributed by atoms with E-state index in [4.69, 9.17) is 11.6 Å². The van der Waals surface area contributed by atoms with E-state index in [0.29, 0.717) is 23.4 Å². The number of nitrogens with one attached hydrogen (secondary N) is 1. The molecule has 0 atom stereocenters. The number of carbonyl (C=O) groups is 2. The number of hydrogen-bond donors (Lipinski definition) is 1. The number of aromatic nitrogens is 1. The minimum atomic E-state index is -0.344. The van der Waals surface area contributed by atoms with E-state index in [0.717, 1.165) is 23.2 Å². The topological polar surface area (TPSA) is 62.3 Å². The number of para-hydroxylation sites is 1. The molecule has 0 radical (unpaired) electrons. The van der Waals surface area contributed by atoms with Gasteiger partial charge < -0.3 is 10.2 Å². The second kappa shape index (κ2) is 9.05. The highest BCUT2D eigenvalue weighted by Crippen LogP contribution is 2.41. The van der Waals surface area contributed by atoms with Crippen LogP contribution in [0.4, 0.5) is 11.4 Å². The third-order valence-electron chi connectivity index (χ3n) is 5.83. The minimum absolute atomic E-state index is 0.0665. The second-order valence-corrected chi connectivity index (χ2v) is 9.93. The van der Waals surface area contributed by atoms with Crippen molar-refractivity contribution in [3.8, 4) is 10.4 Å². The average molecular weight is 488 g/mol. The van der Waals surface area contributed by atoms with Gasteiger partial charge in [0.25, 0.3) is 11.8 Å². The summed E-state index contributed by atoms with van der Waals surface area (Å²) in [6.45, 7) is 4.58. The Morgan fingerprint density at radius 2 is 1.82 bits per heavy atom. The molecule has 2 aromatic heterocycles. The summed E-state index contributed by atoms with van der Waals surface area (Å²) in [7, 11) is 0. The summed E-state index contributed by atoms with van der Waals surface area (Å²) in [6, 6.07) is 18.9. The number of fused-ring (bicyclic) bond motifs is 3. The normalized spacial score (nSPS) is 12.5. The van der Waals surface area contributed by atoms with E-state index in [-0.39, 0.29) is 17.0 Å². The number of carbonyl (C=O) groups excluding carboxylic acids is 2. The lowest BCUT2D eigenvalue weighted by atomic mass is 10.1. The molecule has 34 heavy (non-hydrogen) atoms. The maximum atomic E-state index is 13.5. The molecule has 5 nitrogen and oxygen atoms in total. The zero-order valence-corrected chi connectivity index (χ0v) is 20.3. The van der Waals surface area contributed by atoms with Crippen LogP contribution in [0.3, 0.4) is 0 Å². The monoisotopic (exact) mass is 487 g/mol. The third kappa shape index (κ3) is 4.22. The molecule has 0 bridgehead atoms. The molecular formula is C27H22ClN3O2S. The first-order valence-corrected chi connectivity index (χ1v) is 12.1. The Bertz CT molecular complexity index is 1410. The zero-order valence-electron chi connectivity index (χ0n) is 18.8. The van der Waals surface area contributed by atoms with E-state index in [1.54, 1.807) is 47.9 Å². The number of thiophene rings is 1. The van der Waals surface area contributed by atoms with E-state index < -0.39 is 0 Å². The summed E-state index contributed by atoms with van der Waals surface area (Å²) in [6.07, 6.45) is 2.42. The van der Waals surface area contributed by atoms with E-state index in [9.17, 15) is 9.59 Å². The molecule has 0 unspecified atom stereocenters. The van der Waals surface area contributed by atoms with Gasteiger partial charge in [-0.3, -0.25) is 9.59 Å². The van der Waals surface area contributed by atoms with Gasteiger partial charge in [0, 0.05) is 39.3 Å². The Morgan fingerprint density at radius 1 is 1.06 bits per heavy atom. The first kappa shape index (κ1) is 22.3. The smallest absolute Gasteiger partial charge is 0.258 e. The highest BCUT2D eigenvalue weighted by atomic mass is 35.5. The number of rotatable bonds is 3. The van der Waals surface area contributed by atoms with E-state index in [2.05, 4.69) is 29.4 Å². The van der Waals surface area contributed by atoms with Crippen molar-refractivity contribution in [2.24, 2.45) is 0 Å². The van der Waals surface area contributed by atoms with Gasteiger partial charge in [0.1, 0.15) is 5.15 Å². The molecule has 1 aliphatic heterocycles. The van der Waals surface area contributed by atoms with Crippen molar-refractivity contribution in [1.29, 1.82) is 0 Å². The van der Waals surface area contributed by atoms with Gasteiger partial charge in [0.2, 0.25) is 0 Å². The highest BCUT2D eigenvalue weighted by molar-refractivity contribution is 7.15. The van der Waals surface area contributed by atoms with Crippen molar-refractivity contribution >= 4 is 46.1 Å². The number of pyridine rings is 1. The Labute approximate surface area is 207 Å². The Kier molecular flexibility index (Phi) is 5.94. The molecule has 0 saturated heterocycles. The Balaban J connectivity index is 1.38. The molecule has 0 aliphatic carbocycles. The van der Waals surface area contributed by atoms with Crippen molar-refractivity contribution in [3.63, 3.8) is 0 Å². The fourth-order valence-electron chi connectivity index (χ4n) is 4.21. The summed E-state index contributed by atoms with van der Waals surface area (Å²) in [5.41, 5.74) is 5.59. The quantitative estimate of drug-likeness (QED) is 0.334. The Hall–Kier alpha value is -3.48. The lowest BCUT2D eigenvalue weighted by Gasteiger charge is -2.23. The van der Waals surface area contributed by atoms with Gasteiger partial charge in [-0.15, -0.1) is 11.3 Å². The van der Waals surface area contributed by atoms with Crippen LogP contribution in [0.15, 0.2) is 66.9 Å². The molecule has 2 aromatic carbocycles. The van der Waals surface area contributed by atoms with Crippen molar-refractivity contribution < 1.29 is 9.59 Å². The second-order valence-electron chi connectivity index (χ2n) is 8.32. The molecule has 0 fully saturated rings. The van der Waals surface area contributed by atoms with E-state index >= 15 is 0 Å². The summed E-state index contributed by atoms with van der Waals surface area (Å²) in [5, 5.41) is 2.98. The number of halogens is 1. The van der Waals surface area contributed by atoms with Crippen LogP contribution in [0.5, 0.6) is 0 Å². The molecular weight excluding hydrogens is 466 g/mol. The molecule has 7 heteroatoms. The molecule has 2 amide bonds. The number of hydrogen-bond acceptors (Lipinski definition) is 4. The molecule has 5 rings (SSSR count). The predicted molar refractivity (Wildman–Crippen MR) is 138 cm³/mol. The largest absolute Gasteiger partial charge is 0.322 e. The predicted octanol–water partition coefficient (Wildman–Crippen LogP) is 6.54. The molecule has 1 N–H and O–H groups in total. The standard InChI is InChI=1S/C27H22ClN3O2S/c1-16-13-22(25(28)29-15-16)26(32)30-20-9-7-18(8-10-20)27(33)31-12-11-19-14-17(2)34-24(19)21-5-3-4-6-23(21)31/h3-10,13-15H,11-12H2,1-2H3,(H,30,32). The first-order chi connectivity index (χ1) is 16.4. The van der Waals surface area contributed by atoms with Gasteiger partial charge in [-0.05, 0) is 73.9 Å². The maximum absolute atomic E-state index is 13.5. The Morgan fingerprint density at radius 3 is 2.62 bits per heavy atom. The fraction of sp³-hybridized carbons (Fsp3) is 0.148. The summed E-state index contributed by atoms with van der Waals surface area (Å²) in [5.74, 6) is -0.411. The van der Waals surface area contributed by atoms with Gasteiger partial charge in [0.05, 0.1) is 11.3 Å². The van der Waals surface area contributed by atoms with Gasteiger partial charge in [-0.25, -0.2) is 4.98 Å². The van der Waals surface area contributed by atoms with Gasteiger partial charge in [-0.2, -0.15) is 0 Å². The van der Waals surface area contributed by atoms with Gasteiger partial charge >= 0.3 is 0 Å². The van der Waals surface area contributed by atoms with Crippen LogP contribution in [-0.2, 0) is 6.42 Å². The average Bonchev–Trinajstić information content (AvgIpc) is 3.14. The van der Waals surface area contributed by atoms with Crippen molar-refractivity contribution in [2.45, 2.75) is 20.3 Å². The van der Waals surface area contributed by atoms with Gasteiger partial charge in [0.15, 0.2) is 0 Å². The first-order valence-electron chi connectivity index (χ1n) is 10.9. The van der Waals surface area contributed by atoms with Crippen LogP contribution < -0.4 is 10.2 Å². The van der Waals surface area contributed by atoms with Gasteiger partial charge in [-0.1, -0.05) is 29.8 Å².